The van der Waals surface area contributed by atoms with Crippen LogP contribution in [0.2, 0.25) is 0 Å². The number of fused-ring (bicyclic) bond motifs is 1. The van der Waals surface area contributed by atoms with Crippen LogP contribution in [0.4, 0.5) is 5.69 Å². The summed E-state index contributed by atoms with van der Waals surface area (Å²) in [5.74, 6) is 2.33. The van der Waals surface area contributed by atoms with Gasteiger partial charge in [-0.3, -0.25) is 9.59 Å². The van der Waals surface area contributed by atoms with Gasteiger partial charge in [0.15, 0.2) is 11.5 Å². The molecule has 0 radical (unpaired) electrons. The Morgan fingerprint density at radius 1 is 1.06 bits per heavy atom. The fourth-order valence-corrected chi connectivity index (χ4v) is 4.78. The molecule has 158 valence electrons. The second kappa shape index (κ2) is 8.39. The Morgan fingerprint density at radius 3 is 2.65 bits per heavy atom. The number of rotatable bonds is 5. The zero-order valence-electron chi connectivity index (χ0n) is 16.6. The number of anilines is 1. The molecule has 1 N–H and O–H groups in total. The van der Waals surface area contributed by atoms with Gasteiger partial charge in [-0.25, -0.2) is 0 Å². The standard InChI is InChI=1S/C23H20N2O5S/c26-21-14-31-23(25(21)13-18-2-1-9-28-18)16-5-3-15(4-6-16)22(27)24-17-7-8-19-20(12-17)30-11-10-29-19/h1-9,12,23H,10-11,13-14H2,(H,24,27)/t23-/m1/s1. The minimum absolute atomic E-state index is 0.0758. The lowest BCUT2D eigenvalue weighted by atomic mass is 10.1. The van der Waals surface area contributed by atoms with Crippen LogP contribution < -0.4 is 14.8 Å². The summed E-state index contributed by atoms with van der Waals surface area (Å²) in [6.45, 7) is 1.44. The lowest BCUT2D eigenvalue weighted by Crippen LogP contribution is -2.27. The van der Waals surface area contributed by atoms with Crippen LogP contribution in [-0.4, -0.2) is 35.7 Å². The first-order valence-electron chi connectivity index (χ1n) is 9.92. The van der Waals surface area contributed by atoms with Gasteiger partial charge in [0.1, 0.15) is 24.3 Å². The third-order valence-electron chi connectivity index (χ3n) is 5.13. The molecule has 0 saturated carbocycles. The molecule has 2 aliphatic rings. The van der Waals surface area contributed by atoms with Gasteiger partial charge < -0.3 is 24.1 Å². The van der Waals surface area contributed by atoms with Gasteiger partial charge >= 0.3 is 0 Å². The smallest absolute Gasteiger partial charge is 0.255 e. The number of nitrogens with zero attached hydrogens (tertiary/aromatic N) is 1. The van der Waals surface area contributed by atoms with E-state index in [1.807, 2.05) is 24.3 Å². The Labute approximate surface area is 183 Å². The Kier molecular flexibility index (Phi) is 5.30. The molecule has 2 aliphatic heterocycles. The summed E-state index contributed by atoms with van der Waals surface area (Å²) >= 11 is 1.57. The highest BCUT2D eigenvalue weighted by atomic mass is 32.2. The van der Waals surface area contributed by atoms with Crippen LogP contribution >= 0.6 is 11.8 Å². The van der Waals surface area contributed by atoms with Gasteiger partial charge in [-0.2, -0.15) is 0 Å². The van der Waals surface area contributed by atoms with E-state index in [2.05, 4.69) is 5.32 Å². The predicted molar refractivity (Wildman–Crippen MR) is 116 cm³/mol. The summed E-state index contributed by atoms with van der Waals surface area (Å²) < 4.78 is 16.5. The lowest BCUT2D eigenvalue weighted by Gasteiger charge is -2.23. The third-order valence-corrected chi connectivity index (χ3v) is 6.39. The molecule has 5 rings (SSSR count). The maximum absolute atomic E-state index is 12.7. The molecule has 1 aromatic heterocycles. The first-order valence-corrected chi connectivity index (χ1v) is 11.0. The van der Waals surface area contributed by atoms with Crippen molar-refractivity contribution in [2.45, 2.75) is 11.9 Å². The van der Waals surface area contributed by atoms with E-state index in [0.717, 1.165) is 11.3 Å². The summed E-state index contributed by atoms with van der Waals surface area (Å²) in [5, 5.41) is 2.78. The second-order valence-electron chi connectivity index (χ2n) is 7.20. The van der Waals surface area contributed by atoms with E-state index in [1.165, 1.54) is 0 Å². The molecular formula is C23H20N2O5S. The van der Waals surface area contributed by atoms with E-state index in [1.54, 1.807) is 53.3 Å². The molecule has 1 fully saturated rings. The lowest BCUT2D eigenvalue weighted by molar-refractivity contribution is -0.128. The van der Waals surface area contributed by atoms with E-state index >= 15 is 0 Å². The number of ether oxygens (including phenoxy) is 2. The molecule has 0 spiro atoms. The molecular weight excluding hydrogens is 416 g/mol. The van der Waals surface area contributed by atoms with Crippen LogP contribution in [0, 0.1) is 0 Å². The van der Waals surface area contributed by atoms with Crippen molar-refractivity contribution in [1.82, 2.24) is 4.90 Å². The first-order chi connectivity index (χ1) is 15.2. The number of benzene rings is 2. The fourth-order valence-electron chi connectivity index (χ4n) is 3.60. The van der Waals surface area contributed by atoms with E-state index in [0.29, 0.717) is 48.3 Å². The molecule has 0 bridgehead atoms. The highest BCUT2D eigenvalue weighted by Crippen LogP contribution is 2.39. The normalized spacial score (nSPS) is 17.6. The average molecular weight is 436 g/mol. The van der Waals surface area contributed by atoms with E-state index < -0.39 is 0 Å². The second-order valence-corrected chi connectivity index (χ2v) is 8.27. The molecule has 0 aliphatic carbocycles. The van der Waals surface area contributed by atoms with Gasteiger partial charge in [0.25, 0.3) is 5.91 Å². The maximum atomic E-state index is 12.7. The summed E-state index contributed by atoms with van der Waals surface area (Å²) in [4.78, 5) is 26.8. The number of nitrogens with one attached hydrogen (secondary N) is 1. The minimum atomic E-state index is -0.217. The quantitative estimate of drug-likeness (QED) is 0.649. The molecule has 1 atom stereocenters. The predicted octanol–water partition coefficient (Wildman–Crippen LogP) is 4.08. The zero-order chi connectivity index (χ0) is 21.2. The van der Waals surface area contributed by atoms with Gasteiger partial charge in [0, 0.05) is 17.3 Å². The van der Waals surface area contributed by atoms with Crippen molar-refractivity contribution in [2.24, 2.45) is 0 Å². The third kappa shape index (κ3) is 4.11. The Balaban J connectivity index is 1.28. The first kappa shape index (κ1) is 19.6. The van der Waals surface area contributed by atoms with Crippen molar-refractivity contribution in [3.63, 3.8) is 0 Å². The Morgan fingerprint density at radius 2 is 1.87 bits per heavy atom. The van der Waals surface area contributed by atoms with Crippen molar-refractivity contribution in [1.29, 1.82) is 0 Å². The molecule has 1 saturated heterocycles. The van der Waals surface area contributed by atoms with Crippen molar-refractivity contribution in [2.75, 3.05) is 24.3 Å². The zero-order valence-corrected chi connectivity index (χ0v) is 17.4. The van der Waals surface area contributed by atoms with E-state index in [9.17, 15) is 9.59 Å². The topological polar surface area (TPSA) is 81.0 Å². The van der Waals surface area contributed by atoms with Crippen LogP contribution in [-0.2, 0) is 11.3 Å². The van der Waals surface area contributed by atoms with Crippen LogP contribution in [0.25, 0.3) is 0 Å². The number of thioether (sulfide) groups is 1. The van der Waals surface area contributed by atoms with Gasteiger partial charge in [0.05, 0.1) is 18.6 Å². The molecule has 2 aromatic carbocycles. The van der Waals surface area contributed by atoms with Crippen molar-refractivity contribution >= 4 is 29.3 Å². The van der Waals surface area contributed by atoms with E-state index in [4.69, 9.17) is 13.9 Å². The number of carbonyl (C=O) groups excluding carboxylic acids is 2. The number of hydrogen-bond donors (Lipinski definition) is 1. The average Bonchev–Trinajstić information content (AvgIpc) is 3.44. The van der Waals surface area contributed by atoms with Gasteiger partial charge in [-0.05, 0) is 42.0 Å². The number of carbonyl (C=O) groups is 2. The SMILES string of the molecule is O=C(Nc1ccc2c(c1)OCCO2)c1ccc([C@H]2SCC(=O)N2Cc2ccco2)cc1. The van der Waals surface area contributed by atoms with Crippen molar-refractivity contribution < 1.29 is 23.5 Å². The Hall–Kier alpha value is -3.39. The minimum Gasteiger partial charge on any atom is -0.486 e. The van der Waals surface area contributed by atoms with Crippen molar-refractivity contribution in [3.8, 4) is 11.5 Å². The Bertz CT molecular complexity index is 1100. The summed E-state index contributed by atoms with van der Waals surface area (Å²) in [5.41, 5.74) is 2.14. The summed E-state index contributed by atoms with van der Waals surface area (Å²) in [7, 11) is 0. The summed E-state index contributed by atoms with van der Waals surface area (Å²) in [6, 6.07) is 16.3. The fraction of sp³-hybridized carbons (Fsp3) is 0.217. The number of amides is 2. The maximum Gasteiger partial charge on any atom is 0.255 e. The number of hydrogen-bond acceptors (Lipinski definition) is 6. The van der Waals surface area contributed by atoms with Crippen LogP contribution in [0.5, 0.6) is 11.5 Å². The molecule has 31 heavy (non-hydrogen) atoms. The highest BCUT2D eigenvalue weighted by molar-refractivity contribution is 8.00. The van der Waals surface area contributed by atoms with Crippen LogP contribution in [0.1, 0.15) is 27.1 Å². The molecule has 3 heterocycles. The molecule has 2 amide bonds. The molecule has 8 heteroatoms. The largest absolute Gasteiger partial charge is 0.486 e. The number of furan rings is 1. The molecule has 7 nitrogen and oxygen atoms in total. The van der Waals surface area contributed by atoms with E-state index in [-0.39, 0.29) is 17.2 Å². The molecule has 0 unspecified atom stereocenters. The van der Waals surface area contributed by atoms with Crippen LogP contribution in [0.15, 0.2) is 65.3 Å². The van der Waals surface area contributed by atoms with Crippen molar-refractivity contribution in [3.05, 3.63) is 77.7 Å². The van der Waals surface area contributed by atoms with Gasteiger partial charge in [-0.15, -0.1) is 11.8 Å². The van der Waals surface area contributed by atoms with Gasteiger partial charge in [0.2, 0.25) is 5.91 Å². The monoisotopic (exact) mass is 436 g/mol. The van der Waals surface area contributed by atoms with Crippen LogP contribution in [0.3, 0.4) is 0 Å². The highest BCUT2D eigenvalue weighted by Gasteiger charge is 2.33. The van der Waals surface area contributed by atoms with Gasteiger partial charge in [-0.1, -0.05) is 12.1 Å². The molecule has 3 aromatic rings. The summed E-state index contributed by atoms with van der Waals surface area (Å²) in [6.07, 6.45) is 1.60.